The number of aromatic nitrogens is 2. The van der Waals surface area contributed by atoms with Crippen LogP contribution in [0.2, 0.25) is 0 Å². The smallest absolute Gasteiger partial charge is 0.294 e. The first-order chi connectivity index (χ1) is 11.7. The lowest BCUT2D eigenvalue weighted by molar-refractivity contribution is 0.0969. The third-order valence-corrected chi connectivity index (χ3v) is 4.37. The molecule has 0 aliphatic heterocycles. The van der Waals surface area contributed by atoms with Crippen molar-refractivity contribution in [2.24, 2.45) is 5.73 Å². The van der Waals surface area contributed by atoms with Crippen LogP contribution in [0, 0.1) is 6.92 Å². The number of hydrogen-bond donors (Lipinski definition) is 1. The van der Waals surface area contributed by atoms with Crippen molar-refractivity contribution < 1.29 is 13.7 Å². The van der Waals surface area contributed by atoms with Gasteiger partial charge in [0.2, 0.25) is 5.82 Å². The third-order valence-electron chi connectivity index (χ3n) is 4.37. The molecule has 7 heteroatoms. The molecule has 0 fully saturated rings. The van der Waals surface area contributed by atoms with Crippen LogP contribution in [0.15, 0.2) is 33.2 Å². The van der Waals surface area contributed by atoms with Gasteiger partial charge in [0.1, 0.15) is 5.76 Å². The molecule has 0 spiro atoms. The summed E-state index contributed by atoms with van der Waals surface area (Å²) >= 11 is 0. The Bertz CT molecular complexity index is 912. The van der Waals surface area contributed by atoms with Gasteiger partial charge in [-0.05, 0) is 18.9 Å². The van der Waals surface area contributed by atoms with E-state index in [1.807, 2.05) is 31.2 Å². The number of Topliss-reactive ketones (excluding diaryl/α,β-unsaturated/α-hetero) is 1. The average molecular weight is 360 g/mol. The van der Waals surface area contributed by atoms with Gasteiger partial charge in [0, 0.05) is 30.5 Å². The third kappa shape index (κ3) is 2.99. The van der Waals surface area contributed by atoms with Crippen molar-refractivity contribution in [3.8, 4) is 23.0 Å². The molecule has 0 amide bonds. The molecule has 2 N–H and O–H groups in total. The minimum absolute atomic E-state index is 0. The Labute approximate surface area is 150 Å². The van der Waals surface area contributed by atoms with E-state index >= 15 is 0 Å². The zero-order valence-electron chi connectivity index (χ0n) is 13.7. The number of carbonyl (C=O) groups excluding carboxylic acids is 1. The molecule has 1 aliphatic carbocycles. The summed E-state index contributed by atoms with van der Waals surface area (Å²) in [6.07, 6.45) is 2.15. The second kappa shape index (κ2) is 6.82. The van der Waals surface area contributed by atoms with Crippen molar-refractivity contribution >= 4 is 18.2 Å². The van der Waals surface area contributed by atoms with Gasteiger partial charge in [-0.15, -0.1) is 12.4 Å². The number of hydrogen-bond acceptors (Lipinski definition) is 6. The van der Waals surface area contributed by atoms with Crippen molar-refractivity contribution in [2.75, 3.05) is 0 Å². The first kappa shape index (κ1) is 17.4. The van der Waals surface area contributed by atoms with Crippen LogP contribution in [0.25, 0.3) is 23.0 Å². The maximum absolute atomic E-state index is 12.1. The normalized spacial score (nSPS) is 13.4. The van der Waals surface area contributed by atoms with Crippen LogP contribution in [0.1, 0.15) is 40.1 Å². The van der Waals surface area contributed by atoms with Gasteiger partial charge in [0.05, 0.1) is 5.56 Å². The van der Waals surface area contributed by atoms with Crippen LogP contribution >= 0.6 is 12.4 Å². The number of nitrogens with zero attached hydrogens (tertiary/aromatic N) is 2. The lowest BCUT2D eigenvalue weighted by Gasteiger charge is -2.07. The molecule has 0 radical (unpaired) electrons. The predicted octanol–water partition coefficient (Wildman–Crippen LogP) is 3.70. The number of rotatable bonds is 3. The summed E-state index contributed by atoms with van der Waals surface area (Å²) in [5.74, 6) is 2.13. The quantitative estimate of drug-likeness (QED) is 0.766. The zero-order chi connectivity index (χ0) is 16.7. The van der Waals surface area contributed by atoms with E-state index in [1.54, 1.807) is 0 Å². The summed E-state index contributed by atoms with van der Waals surface area (Å²) in [4.78, 5) is 16.5. The fraction of sp³-hybridized carbons (Fsp3) is 0.278. The summed E-state index contributed by atoms with van der Waals surface area (Å²) < 4.78 is 11.2. The minimum atomic E-state index is 0. The molecule has 0 unspecified atom stereocenters. The van der Waals surface area contributed by atoms with E-state index in [4.69, 9.17) is 14.7 Å². The molecule has 6 nitrogen and oxygen atoms in total. The molecule has 0 saturated heterocycles. The van der Waals surface area contributed by atoms with E-state index in [9.17, 15) is 4.79 Å². The molecule has 4 rings (SSSR count). The molecule has 130 valence electrons. The highest BCUT2D eigenvalue weighted by Crippen LogP contribution is 2.35. The van der Waals surface area contributed by atoms with Gasteiger partial charge in [-0.25, -0.2) is 0 Å². The molecular formula is C18H18ClN3O3. The lowest BCUT2D eigenvalue weighted by Crippen LogP contribution is -2.09. The van der Waals surface area contributed by atoms with Crippen molar-refractivity contribution in [3.05, 3.63) is 46.7 Å². The predicted molar refractivity (Wildman–Crippen MR) is 94.6 cm³/mol. The standard InChI is InChI=1S/C18H17N3O3.ClH/c1-10-15-13(22)3-2-4-14(15)23-16(10)18-20-17(21-24-18)12-7-5-11(9-19)6-8-12;/h5-8H,2-4,9,19H2,1H3;1H. The minimum Gasteiger partial charge on any atom is -0.455 e. The second-order valence-electron chi connectivity index (χ2n) is 5.96. The van der Waals surface area contributed by atoms with Gasteiger partial charge >= 0.3 is 0 Å². The summed E-state index contributed by atoms with van der Waals surface area (Å²) in [5, 5.41) is 4.02. The molecule has 0 saturated carbocycles. The number of nitrogens with two attached hydrogens (primary N) is 1. The van der Waals surface area contributed by atoms with E-state index in [0.717, 1.165) is 35.3 Å². The van der Waals surface area contributed by atoms with Crippen molar-refractivity contribution in [1.29, 1.82) is 0 Å². The van der Waals surface area contributed by atoms with Crippen LogP contribution < -0.4 is 5.73 Å². The largest absolute Gasteiger partial charge is 0.455 e. The van der Waals surface area contributed by atoms with Crippen molar-refractivity contribution in [3.63, 3.8) is 0 Å². The summed E-state index contributed by atoms with van der Waals surface area (Å²) in [5.41, 5.74) is 8.95. The Morgan fingerprint density at radius 1 is 1.20 bits per heavy atom. The van der Waals surface area contributed by atoms with Gasteiger partial charge in [-0.1, -0.05) is 29.4 Å². The van der Waals surface area contributed by atoms with Gasteiger partial charge in [-0.2, -0.15) is 4.98 Å². The molecule has 2 heterocycles. The van der Waals surface area contributed by atoms with Crippen LogP contribution in [0.5, 0.6) is 0 Å². The van der Waals surface area contributed by atoms with Gasteiger partial charge in [0.25, 0.3) is 5.89 Å². The number of halogens is 1. The van der Waals surface area contributed by atoms with E-state index in [1.165, 1.54) is 0 Å². The van der Waals surface area contributed by atoms with Crippen molar-refractivity contribution in [1.82, 2.24) is 10.1 Å². The fourth-order valence-corrected chi connectivity index (χ4v) is 3.08. The summed E-state index contributed by atoms with van der Waals surface area (Å²) in [6.45, 7) is 2.35. The molecule has 0 atom stereocenters. The van der Waals surface area contributed by atoms with Crippen LogP contribution in [0.3, 0.4) is 0 Å². The van der Waals surface area contributed by atoms with Gasteiger partial charge in [0.15, 0.2) is 11.5 Å². The number of furan rings is 1. The Morgan fingerprint density at radius 3 is 2.64 bits per heavy atom. The lowest BCUT2D eigenvalue weighted by atomic mass is 9.94. The average Bonchev–Trinajstić information content (AvgIpc) is 3.21. The van der Waals surface area contributed by atoms with Crippen molar-refractivity contribution in [2.45, 2.75) is 32.7 Å². The number of ketones is 1. The first-order valence-corrected chi connectivity index (χ1v) is 7.96. The molecule has 2 aromatic heterocycles. The maximum atomic E-state index is 12.1. The number of carbonyl (C=O) groups is 1. The topological polar surface area (TPSA) is 95.2 Å². The van der Waals surface area contributed by atoms with Crippen LogP contribution in [-0.2, 0) is 13.0 Å². The first-order valence-electron chi connectivity index (χ1n) is 7.96. The van der Waals surface area contributed by atoms with Gasteiger partial charge < -0.3 is 14.7 Å². The molecule has 25 heavy (non-hydrogen) atoms. The Morgan fingerprint density at radius 2 is 1.96 bits per heavy atom. The molecular weight excluding hydrogens is 342 g/mol. The Hall–Kier alpha value is -2.44. The molecule has 0 bridgehead atoms. The van der Waals surface area contributed by atoms with Gasteiger partial charge in [-0.3, -0.25) is 4.79 Å². The SMILES string of the molecule is Cc1c(-c2nc(-c3ccc(CN)cc3)no2)oc2c1C(=O)CCC2.Cl. The molecule has 1 aromatic carbocycles. The summed E-state index contributed by atoms with van der Waals surface area (Å²) in [7, 11) is 0. The van der Waals surface area contributed by atoms with Crippen LogP contribution in [0.4, 0.5) is 0 Å². The molecule has 1 aliphatic rings. The van der Waals surface area contributed by atoms with E-state index < -0.39 is 0 Å². The highest BCUT2D eigenvalue weighted by atomic mass is 35.5. The van der Waals surface area contributed by atoms with Crippen LogP contribution in [-0.4, -0.2) is 15.9 Å². The van der Waals surface area contributed by atoms with E-state index in [2.05, 4.69) is 10.1 Å². The Kier molecular flexibility index (Phi) is 4.74. The zero-order valence-corrected chi connectivity index (χ0v) is 14.6. The molecule has 3 aromatic rings. The highest BCUT2D eigenvalue weighted by Gasteiger charge is 2.28. The number of fused-ring (bicyclic) bond motifs is 1. The fourth-order valence-electron chi connectivity index (χ4n) is 3.08. The Balaban J connectivity index is 0.00000182. The second-order valence-corrected chi connectivity index (χ2v) is 5.96. The maximum Gasteiger partial charge on any atom is 0.294 e. The monoisotopic (exact) mass is 359 g/mol. The number of benzene rings is 1. The summed E-state index contributed by atoms with van der Waals surface area (Å²) in [6, 6.07) is 7.67. The highest BCUT2D eigenvalue weighted by molar-refractivity contribution is 6.00. The van der Waals surface area contributed by atoms with E-state index in [-0.39, 0.29) is 18.2 Å². The van der Waals surface area contributed by atoms with E-state index in [0.29, 0.717) is 36.0 Å². The number of aryl methyl sites for hydroxylation is 1.